The van der Waals surface area contributed by atoms with Gasteiger partial charge in [0.25, 0.3) is 0 Å². The molecule has 1 N–H and O–H groups in total. The lowest BCUT2D eigenvalue weighted by Crippen LogP contribution is -2.01. The Morgan fingerprint density at radius 3 is 2.42 bits per heavy atom. The van der Waals surface area contributed by atoms with Crippen LogP contribution in [0, 0.1) is 0 Å². The van der Waals surface area contributed by atoms with Gasteiger partial charge in [-0.15, -0.1) is 0 Å². The molecule has 0 saturated heterocycles. The molecule has 5 rings (SSSR count). The molecule has 0 aliphatic carbocycles. The Kier molecular flexibility index (Phi) is 4.88. The summed E-state index contributed by atoms with van der Waals surface area (Å²) in [5.74, 6) is 1.62. The van der Waals surface area contributed by atoms with Crippen molar-refractivity contribution in [1.29, 1.82) is 0 Å². The third kappa shape index (κ3) is 3.75. The molecule has 154 valence electrons. The van der Waals surface area contributed by atoms with Gasteiger partial charge in [0.05, 0.1) is 31.2 Å². The third-order valence-corrected chi connectivity index (χ3v) is 5.24. The van der Waals surface area contributed by atoms with E-state index >= 15 is 0 Å². The molecule has 2 aromatic carbocycles. The Labute approximate surface area is 179 Å². The molecular formula is C25H21N3O3. The zero-order valence-corrected chi connectivity index (χ0v) is 17.0. The highest BCUT2D eigenvalue weighted by Gasteiger charge is 2.18. The number of hydrogen-bond acceptors (Lipinski definition) is 5. The molecule has 0 atom stereocenters. The molecule has 5 aromatic rings. The van der Waals surface area contributed by atoms with E-state index in [1.165, 1.54) is 0 Å². The first-order chi connectivity index (χ1) is 15.2. The Morgan fingerprint density at radius 2 is 1.71 bits per heavy atom. The number of methoxy groups -OCH3 is 1. The Bertz CT molecular complexity index is 1310. The zero-order valence-electron chi connectivity index (χ0n) is 17.0. The molecule has 0 saturated carbocycles. The van der Waals surface area contributed by atoms with Gasteiger partial charge in [-0.3, -0.25) is 4.40 Å². The summed E-state index contributed by atoms with van der Waals surface area (Å²) in [5.41, 5.74) is 4.79. The molecule has 0 bridgehead atoms. The summed E-state index contributed by atoms with van der Waals surface area (Å²) in [6.07, 6.45) is 4.44. The number of hydrogen-bond donors (Lipinski definition) is 1. The molecule has 3 heterocycles. The predicted molar refractivity (Wildman–Crippen MR) is 117 cm³/mol. The lowest BCUT2D eigenvalue weighted by atomic mass is 10.1. The molecule has 6 nitrogen and oxygen atoms in total. The number of aromatic hydroxyl groups is 1. The van der Waals surface area contributed by atoms with E-state index in [4.69, 9.17) is 19.1 Å². The lowest BCUT2D eigenvalue weighted by Gasteiger charge is -2.09. The topological polar surface area (TPSA) is 72.8 Å². The molecule has 0 radical (unpaired) electrons. The van der Waals surface area contributed by atoms with Gasteiger partial charge in [0.2, 0.25) is 5.88 Å². The fourth-order valence-electron chi connectivity index (χ4n) is 3.65. The average molecular weight is 411 g/mol. The van der Waals surface area contributed by atoms with Gasteiger partial charge in [-0.2, -0.15) is 0 Å². The summed E-state index contributed by atoms with van der Waals surface area (Å²) in [4.78, 5) is 9.63. The number of fused-ring (bicyclic) bond motifs is 1. The third-order valence-electron chi connectivity index (χ3n) is 5.24. The van der Waals surface area contributed by atoms with Crippen LogP contribution in [-0.4, -0.2) is 26.6 Å². The van der Waals surface area contributed by atoms with Crippen molar-refractivity contribution >= 4 is 5.65 Å². The molecule has 6 heteroatoms. The van der Waals surface area contributed by atoms with Gasteiger partial charge < -0.3 is 14.3 Å². The normalized spacial score (nSPS) is 11.1. The molecular weight excluding hydrogens is 390 g/mol. The fraction of sp³-hybridized carbons (Fsp3) is 0.120. The molecule has 0 aliphatic heterocycles. The van der Waals surface area contributed by atoms with Gasteiger partial charge in [0, 0.05) is 18.2 Å². The number of ether oxygens (including phenoxy) is 1. The van der Waals surface area contributed by atoms with Crippen LogP contribution >= 0.6 is 0 Å². The van der Waals surface area contributed by atoms with E-state index in [-0.39, 0.29) is 5.88 Å². The fourth-order valence-corrected chi connectivity index (χ4v) is 3.65. The second-order valence-electron chi connectivity index (χ2n) is 7.30. The van der Waals surface area contributed by atoms with Crippen molar-refractivity contribution in [1.82, 2.24) is 14.4 Å². The second-order valence-corrected chi connectivity index (χ2v) is 7.30. The highest BCUT2D eigenvalue weighted by atomic mass is 16.5. The Balaban J connectivity index is 1.64. The van der Waals surface area contributed by atoms with Gasteiger partial charge >= 0.3 is 0 Å². The smallest absolute Gasteiger partial charge is 0.219 e. The van der Waals surface area contributed by atoms with Crippen LogP contribution in [0.3, 0.4) is 0 Å². The largest absolute Gasteiger partial charge is 0.497 e. The van der Waals surface area contributed by atoms with E-state index in [1.54, 1.807) is 17.8 Å². The Morgan fingerprint density at radius 1 is 0.903 bits per heavy atom. The highest BCUT2D eigenvalue weighted by Crippen LogP contribution is 2.29. The van der Waals surface area contributed by atoms with Gasteiger partial charge in [-0.25, -0.2) is 9.97 Å². The van der Waals surface area contributed by atoms with E-state index in [2.05, 4.69) is 12.1 Å². The van der Waals surface area contributed by atoms with Crippen molar-refractivity contribution < 1.29 is 14.3 Å². The first-order valence-corrected chi connectivity index (χ1v) is 10.0. The number of furan rings is 1. The van der Waals surface area contributed by atoms with E-state index in [1.807, 2.05) is 60.8 Å². The maximum absolute atomic E-state index is 10.9. The zero-order chi connectivity index (χ0) is 21.2. The number of rotatable bonds is 6. The van der Waals surface area contributed by atoms with E-state index < -0.39 is 0 Å². The highest BCUT2D eigenvalue weighted by molar-refractivity contribution is 5.64. The van der Waals surface area contributed by atoms with E-state index in [9.17, 15) is 5.11 Å². The quantitative estimate of drug-likeness (QED) is 0.431. The predicted octanol–water partition coefficient (Wildman–Crippen LogP) is 4.89. The van der Waals surface area contributed by atoms with Crippen LogP contribution < -0.4 is 4.74 Å². The number of nitrogens with zero attached hydrogens (tertiary/aromatic N) is 3. The monoisotopic (exact) mass is 411 g/mol. The van der Waals surface area contributed by atoms with Crippen LogP contribution in [0.15, 0.2) is 83.6 Å². The second kappa shape index (κ2) is 7.99. The van der Waals surface area contributed by atoms with Gasteiger partial charge in [-0.05, 0) is 42.0 Å². The van der Waals surface area contributed by atoms with Crippen LogP contribution in [0.5, 0.6) is 11.6 Å². The maximum atomic E-state index is 10.9. The Hall–Kier alpha value is -4.06. The summed E-state index contributed by atoms with van der Waals surface area (Å²) in [7, 11) is 1.64. The van der Waals surface area contributed by atoms with E-state index in [0.717, 1.165) is 34.0 Å². The maximum Gasteiger partial charge on any atom is 0.219 e. The van der Waals surface area contributed by atoms with Crippen LogP contribution in [0.25, 0.3) is 16.9 Å². The van der Waals surface area contributed by atoms with Crippen molar-refractivity contribution in [3.8, 4) is 22.9 Å². The van der Waals surface area contributed by atoms with Gasteiger partial charge in [0.1, 0.15) is 17.2 Å². The number of aromatic nitrogens is 3. The minimum Gasteiger partial charge on any atom is -0.497 e. The van der Waals surface area contributed by atoms with Crippen molar-refractivity contribution in [2.45, 2.75) is 12.8 Å². The summed E-state index contributed by atoms with van der Waals surface area (Å²) in [6, 6.07) is 21.5. The van der Waals surface area contributed by atoms with Crippen LogP contribution in [0.1, 0.15) is 22.7 Å². The summed E-state index contributed by atoms with van der Waals surface area (Å²) >= 11 is 0. The van der Waals surface area contributed by atoms with Gasteiger partial charge in [-0.1, -0.05) is 30.3 Å². The molecule has 0 spiro atoms. The van der Waals surface area contributed by atoms with Crippen molar-refractivity contribution in [3.05, 3.63) is 102 Å². The SMILES string of the molecule is COc1ccc(-c2cn3c(O)c(Cc4ccco4)nc3c(Cc3ccccc3)n2)cc1. The molecule has 0 aliphatic rings. The van der Waals surface area contributed by atoms with Crippen LogP contribution in [0.2, 0.25) is 0 Å². The van der Waals surface area contributed by atoms with Crippen LogP contribution in [0.4, 0.5) is 0 Å². The molecule has 31 heavy (non-hydrogen) atoms. The van der Waals surface area contributed by atoms with Crippen molar-refractivity contribution in [3.63, 3.8) is 0 Å². The van der Waals surface area contributed by atoms with E-state index in [0.29, 0.717) is 24.2 Å². The lowest BCUT2D eigenvalue weighted by molar-refractivity contribution is 0.415. The summed E-state index contributed by atoms with van der Waals surface area (Å²) in [5, 5.41) is 10.9. The number of benzene rings is 2. The number of imidazole rings is 1. The molecule has 0 amide bonds. The summed E-state index contributed by atoms with van der Waals surface area (Å²) in [6.45, 7) is 0. The van der Waals surface area contributed by atoms with Crippen LogP contribution in [-0.2, 0) is 12.8 Å². The first kappa shape index (κ1) is 18.9. The summed E-state index contributed by atoms with van der Waals surface area (Å²) < 4.78 is 12.4. The van der Waals surface area contributed by atoms with Crippen molar-refractivity contribution in [2.24, 2.45) is 0 Å². The minimum absolute atomic E-state index is 0.0953. The first-order valence-electron chi connectivity index (χ1n) is 10.0. The minimum atomic E-state index is 0.0953. The average Bonchev–Trinajstić information content (AvgIpc) is 3.43. The van der Waals surface area contributed by atoms with Crippen molar-refractivity contribution in [2.75, 3.05) is 7.11 Å². The molecule has 0 fully saturated rings. The molecule has 3 aromatic heterocycles. The molecule has 0 unspecified atom stereocenters. The standard InChI is InChI=1S/C25H21N3O3/c1-30-19-11-9-18(10-12-19)23-16-28-24(21(26-23)14-17-6-3-2-4-7-17)27-22(25(28)29)15-20-8-5-13-31-20/h2-13,16,29H,14-15H2,1H3. The van der Waals surface area contributed by atoms with Gasteiger partial charge in [0.15, 0.2) is 5.65 Å².